The molecule has 13 nitrogen and oxygen atoms in total. The molecule has 6 rings (SSSR count). The number of methoxy groups -OCH3 is 1. The summed E-state index contributed by atoms with van der Waals surface area (Å²) >= 11 is 0. The number of para-hydroxylation sites is 1. The van der Waals surface area contributed by atoms with Crippen LogP contribution >= 0.6 is 0 Å². The highest BCUT2D eigenvalue weighted by Crippen LogP contribution is 2.36. The number of sulfonamides is 1. The van der Waals surface area contributed by atoms with Crippen LogP contribution in [-0.4, -0.2) is 44.7 Å². The second-order valence-electron chi connectivity index (χ2n) is 10.4. The minimum absolute atomic E-state index is 0.0185. The van der Waals surface area contributed by atoms with Crippen LogP contribution in [0.2, 0.25) is 0 Å². The van der Waals surface area contributed by atoms with Gasteiger partial charge in [-0.1, -0.05) is 18.2 Å². The van der Waals surface area contributed by atoms with Crippen molar-refractivity contribution in [3.8, 4) is 22.7 Å². The van der Waals surface area contributed by atoms with E-state index < -0.39 is 32.6 Å². The van der Waals surface area contributed by atoms with Crippen molar-refractivity contribution in [3.63, 3.8) is 0 Å². The smallest absolute Gasteiger partial charge is 0.282 e. The summed E-state index contributed by atoms with van der Waals surface area (Å²) in [5, 5.41) is 8.02. The third-order valence-electron chi connectivity index (χ3n) is 7.31. The van der Waals surface area contributed by atoms with Crippen LogP contribution in [0.4, 0.5) is 26.1 Å². The monoisotopic (exact) mass is 659 g/mol. The number of rotatable bonds is 9. The lowest BCUT2D eigenvalue weighted by atomic mass is 10.1. The number of benzene rings is 2. The maximum Gasteiger partial charge on any atom is 0.282 e. The van der Waals surface area contributed by atoms with Gasteiger partial charge in [-0.3, -0.25) is 14.1 Å². The fourth-order valence-electron chi connectivity index (χ4n) is 5.12. The fourth-order valence-corrected chi connectivity index (χ4v) is 6.23. The molecule has 0 aliphatic rings. The Morgan fingerprint density at radius 3 is 2.51 bits per heavy atom. The Hall–Kier alpha value is -5.90. The average Bonchev–Trinajstić information content (AvgIpc) is 3.41. The lowest BCUT2D eigenvalue weighted by Gasteiger charge is -2.21. The van der Waals surface area contributed by atoms with Crippen molar-refractivity contribution in [1.82, 2.24) is 29.1 Å². The molecule has 0 saturated heterocycles. The van der Waals surface area contributed by atoms with Gasteiger partial charge in [-0.15, -0.1) is 0 Å². The molecule has 16 heteroatoms. The number of nitrogens with two attached hydrogens (primary N) is 1. The molecule has 0 fully saturated rings. The van der Waals surface area contributed by atoms with E-state index in [1.165, 1.54) is 34.8 Å². The van der Waals surface area contributed by atoms with Crippen molar-refractivity contribution in [3.05, 3.63) is 113 Å². The first-order valence-corrected chi connectivity index (χ1v) is 15.5. The molecule has 0 aliphatic carbocycles. The Labute approximate surface area is 266 Å². The van der Waals surface area contributed by atoms with E-state index in [9.17, 15) is 22.0 Å². The SMILES string of the molecule is COc1ncc(-c2c(N)ncnc2NC(C)c2nn3ccc(C)c3c(=O)n2-c2ccccc2)cc1NS(=O)(=O)c1ccc(F)cc1F. The third-order valence-corrected chi connectivity index (χ3v) is 8.70. The number of nitrogen functional groups attached to an aromatic ring is 1. The van der Waals surface area contributed by atoms with Gasteiger partial charge >= 0.3 is 0 Å². The molecular weight excluding hydrogens is 632 g/mol. The molecule has 0 saturated carbocycles. The van der Waals surface area contributed by atoms with E-state index in [4.69, 9.17) is 15.6 Å². The van der Waals surface area contributed by atoms with Crippen LogP contribution in [0, 0.1) is 18.6 Å². The molecule has 0 aliphatic heterocycles. The van der Waals surface area contributed by atoms with Gasteiger partial charge in [0.1, 0.15) is 45.7 Å². The van der Waals surface area contributed by atoms with Crippen molar-refractivity contribution < 1.29 is 21.9 Å². The summed E-state index contributed by atoms with van der Waals surface area (Å²) < 4.78 is 64.6. The Morgan fingerprint density at radius 1 is 1.02 bits per heavy atom. The van der Waals surface area contributed by atoms with Crippen molar-refractivity contribution in [2.75, 3.05) is 22.9 Å². The van der Waals surface area contributed by atoms with Gasteiger partial charge in [-0.2, -0.15) is 5.10 Å². The molecule has 2 aromatic carbocycles. The second-order valence-corrected chi connectivity index (χ2v) is 12.1. The molecule has 0 radical (unpaired) electrons. The first kappa shape index (κ1) is 31.1. The van der Waals surface area contributed by atoms with Crippen LogP contribution in [0.3, 0.4) is 0 Å². The lowest BCUT2D eigenvalue weighted by Crippen LogP contribution is -2.29. The summed E-state index contributed by atoms with van der Waals surface area (Å²) in [7, 11) is -3.28. The van der Waals surface area contributed by atoms with E-state index in [0.29, 0.717) is 23.1 Å². The van der Waals surface area contributed by atoms with Gasteiger partial charge in [-0.25, -0.2) is 36.7 Å². The van der Waals surface area contributed by atoms with Gasteiger partial charge in [0, 0.05) is 24.0 Å². The predicted octanol–water partition coefficient (Wildman–Crippen LogP) is 4.49. The molecule has 0 spiro atoms. The fraction of sp³-hybridized carbons (Fsp3) is 0.129. The number of aryl methyl sites for hydroxylation is 1. The molecule has 4 heterocycles. The number of anilines is 3. The van der Waals surface area contributed by atoms with E-state index in [1.54, 1.807) is 31.3 Å². The van der Waals surface area contributed by atoms with Crippen LogP contribution in [0.1, 0.15) is 24.4 Å². The quantitative estimate of drug-likeness (QED) is 0.201. The summed E-state index contributed by atoms with van der Waals surface area (Å²) in [5.74, 6) is -1.76. The lowest BCUT2D eigenvalue weighted by molar-refractivity contribution is 0.400. The number of nitrogens with zero attached hydrogens (tertiary/aromatic N) is 6. The van der Waals surface area contributed by atoms with E-state index in [-0.39, 0.29) is 39.9 Å². The van der Waals surface area contributed by atoms with Gasteiger partial charge in [0.15, 0.2) is 5.82 Å². The molecular formula is C31H27F2N9O4S. The van der Waals surface area contributed by atoms with Crippen molar-refractivity contribution in [2.45, 2.75) is 24.8 Å². The number of fused-ring (bicyclic) bond motifs is 1. The number of hydrogen-bond donors (Lipinski definition) is 3. The summed E-state index contributed by atoms with van der Waals surface area (Å²) in [6, 6.07) is 13.7. The highest BCUT2D eigenvalue weighted by atomic mass is 32.2. The average molecular weight is 660 g/mol. The maximum absolute atomic E-state index is 14.4. The zero-order chi connectivity index (χ0) is 33.5. The summed E-state index contributed by atoms with van der Waals surface area (Å²) in [6.07, 6.45) is 4.31. The van der Waals surface area contributed by atoms with Gasteiger partial charge in [-0.05, 0) is 55.8 Å². The van der Waals surface area contributed by atoms with E-state index in [1.807, 2.05) is 25.1 Å². The Morgan fingerprint density at radius 2 is 1.79 bits per heavy atom. The van der Waals surface area contributed by atoms with E-state index in [0.717, 1.165) is 17.7 Å². The summed E-state index contributed by atoms with van der Waals surface area (Å²) in [4.78, 5) is 25.7. The molecule has 4 N–H and O–H groups in total. The predicted molar refractivity (Wildman–Crippen MR) is 171 cm³/mol. The van der Waals surface area contributed by atoms with Crippen LogP contribution in [0.15, 0.2) is 89.1 Å². The Balaban J connectivity index is 1.42. The topological polar surface area (TPSA) is 171 Å². The number of pyridine rings is 1. The minimum atomic E-state index is -4.55. The van der Waals surface area contributed by atoms with Gasteiger partial charge in [0.2, 0.25) is 5.88 Å². The normalized spacial score (nSPS) is 12.2. The number of nitrogens with one attached hydrogen (secondary N) is 2. The third kappa shape index (κ3) is 5.81. The highest BCUT2D eigenvalue weighted by molar-refractivity contribution is 7.92. The van der Waals surface area contributed by atoms with Gasteiger partial charge in [0.05, 0.1) is 24.4 Å². The van der Waals surface area contributed by atoms with E-state index >= 15 is 0 Å². The van der Waals surface area contributed by atoms with Crippen LogP contribution < -0.4 is 26.1 Å². The summed E-state index contributed by atoms with van der Waals surface area (Å²) in [6.45, 7) is 3.62. The molecule has 0 bridgehead atoms. The van der Waals surface area contributed by atoms with Crippen molar-refractivity contribution in [2.24, 2.45) is 0 Å². The molecule has 6 aromatic rings. The van der Waals surface area contributed by atoms with Crippen LogP contribution in [0.5, 0.6) is 5.88 Å². The van der Waals surface area contributed by atoms with E-state index in [2.05, 4.69) is 25.0 Å². The summed E-state index contributed by atoms with van der Waals surface area (Å²) in [5.41, 5.74) is 8.19. The largest absolute Gasteiger partial charge is 0.480 e. The zero-order valence-electron chi connectivity index (χ0n) is 25.1. The van der Waals surface area contributed by atoms with Crippen molar-refractivity contribution >= 4 is 32.9 Å². The number of aromatic nitrogens is 6. The number of halogens is 2. The van der Waals surface area contributed by atoms with Gasteiger partial charge < -0.3 is 15.8 Å². The van der Waals surface area contributed by atoms with Gasteiger partial charge in [0.25, 0.3) is 15.6 Å². The molecule has 0 amide bonds. The minimum Gasteiger partial charge on any atom is -0.480 e. The van der Waals surface area contributed by atoms with Crippen LogP contribution in [-0.2, 0) is 10.0 Å². The Bertz CT molecular complexity index is 2310. The molecule has 1 atom stereocenters. The number of hydrogen-bond acceptors (Lipinski definition) is 10. The molecule has 47 heavy (non-hydrogen) atoms. The first-order chi connectivity index (χ1) is 22.5. The van der Waals surface area contributed by atoms with Crippen LogP contribution in [0.25, 0.3) is 22.3 Å². The molecule has 1 unspecified atom stereocenters. The Kier molecular flexibility index (Phi) is 8.02. The second kappa shape index (κ2) is 12.1. The maximum atomic E-state index is 14.4. The standard InChI is InChI=1S/C31H27F2N9O4S/c1-17-11-12-41-26(17)31(43)42(21-7-5-4-6-8-21)29(39-41)18(2)38-28-25(27(34)36-16-37-28)19-13-23(30(46-3)35-15-19)40-47(44,45)24-10-9-20(32)14-22(24)33/h4-16,18,40H,1-3H3,(H3,34,36,37,38). The zero-order valence-corrected chi connectivity index (χ0v) is 26.0. The first-order valence-electron chi connectivity index (χ1n) is 14.0. The highest BCUT2D eigenvalue weighted by Gasteiger charge is 2.25. The molecule has 240 valence electrons. The molecule has 4 aromatic heterocycles. The van der Waals surface area contributed by atoms with Crippen molar-refractivity contribution in [1.29, 1.82) is 0 Å². The number of ether oxygens (including phenoxy) is 1.